The van der Waals surface area contributed by atoms with Crippen LogP contribution in [-0.4, -0.2) is 53.0 Å². The molecule has 1 aliphatic heterocycles. The van der Waals surface area contributed by atoms with Crippen LogP contribution in [0.2, 0.25) is 0 Å². The second-order valence-electron chi connectivity index (χ2n) is 6.74. The van der Waals surface area contributed by atoms with E-state index in [0.717, 1.165) is 12.8 Å². The van der Waals surface area contributed by atoms with Crippen molar-refractivity contribution in [2.24, 2.45) is 0 Å². The summed E-state index contributed by atoms with van der Waals surface area (Å²) in [5, 5.41) is 3.13. The Balaban J connectivity index is 1.80. The lowest BCUT2D eigenvalue weighted by atomic mass is 10.2. The molecule has 1 aromatic rings. The highest BCUT2D eigenvalue weighted by atomic mass is 16.6. The largest absolute Gasteiger partial charge is 0.444 e. The number of ketones is 1. The van der Waals surface area contributed by atoms with Crippen molar-refractivity contribution in [3.8, 4) is 0 Å². The zero-order valence-electron chi connectivity index (χ0n) is 14.0. The van der Waals surface area contributed by atoms with E-state index >= 15 is 0 Å². The summed E-state index contributed by atoms with van der Waals surface area (Å²) in [7, 11) is 0. The van der Waals surface area contributed by atoms with Gasteiger partial charge in [0.05, 0.1) is 6.54 Å². The SMILES string of the molecule is CC(C)(C)OC(=O)N1CCC[C@@H]1CNCC(=O)c1ccccn1. The molecule has 0 unspecified atom stereocenters. The number of likely N-dealkylation sites (tertiary alicyclic amines) is 1. The fourth-order valence-corrected chi connectivity index (χ4v) is 2.58. The number of aromatic nitrogens is 1. The number of hydrogen-bond acceptors (Lipinski definition) is 5. The van der Waals surface area contributed by atoms with Crippen LogP contribution in [0.4, 0.5) is 4.79 Å². The minimum absolute atomic E-state index is 0.0487. The van der Waals surface area contributed by atoms with Gasteiger partial charge in [-0.05, 0) is 45.7 Å². The first-order chi connectivity index (χ1) is 10.9. The third kappa shape index (κ3) is 5.32. The van der Waals surface area contributed by atoms with Crippen molar-refractivity contribution >= 4 is 11.9 Å². The molecule has 23 heavy (non-hydrogen) atoms. The highest BCUT2D eigenvalue weighted by molar-refractivity contribution is 5.95. The van der Waals surface area contributed by atoms with E-state index in [1.807, 2.05) is 20.8 Å². The van der Waals surface area contributed by atoms with Gasteiger partial charge in [-0.25, -0.2) is 4.79 Å². The average molecular weight is 319 g/mol. The van der Waals surface area contributed by atoms with Crippen LogP contribution in [0.3, 0.4) is 0 Å². The highest BCUT2D eigenvalue weighted by Crippen LogP contribution is 2.20. The van der Waals surface area contributed by atoms with Gasteiger partial charge in [0.1, 0.15) is 11.3 Å². The Kier molecular flexibility index (Phi) is 5.71. The van der Waals surface area contributed by atoms with Crippen molar-refractivity contribution in [1.82, 2.24) is 15.2 Å². The van der Waals surface area contributed by atoms with E-state index in [1.165, 1.54) is 0 Å². The monoisotopic (exact) mass is 319 g/mol. The third-order valence-corrected chi connectivity index (χ3v) is 3.62. The Bertz CT molecular complexity index is 540. The minimum atomic E-state index is -0.493. The van der Waals surface area contributed by atoms with Crippen molar-refractivity contribution in [2.75, 3.05) is 19.6 Å². The maximum atomic E-state index is 12.2. The zero-order chi connectivity index (χ0) is 16.9. The maximum absolute atomic E-state index is 12.2. The van der Waals surface area contributed by atoms with Crippen LogP contribution in [-0.2, 0) is 4.74 Å². The second kappa shape index (κ2) is 7.55. The molecule has 1 aliphatic rings. The zero-order valence-corrected chi connectivity index (χ0v) is 14.0. The predicted octanol–water partition coefficient (Wildman–Crippen LogP) is 2.25. The lowest BCUT2D eigenvalue weighted by molar-refractivity contribution is 0.0227. The van der Waals surface area contributed by atoms with E-state index in [-0.39, 0.29) is 24.5 Å². The number of pyridine rings is 1. The highest BCUT2D eigenvalue weighted by Gasteiger charge is 2.31. The summed E-state index contributed by atoms with van der Waals surface area (Å²) < 4.78 is 5.43. The number of nitrogens with one attached hydrogen (secondary N) is 1. The van der Waals surface area contributed by atoms with Crippen LogP contribution in [0.15, 0.2) is 24.4 Å². The van der Waals surface area contributed by atoms with Gasteiger partial charge in [0, 0.05) is 25.3 Å². The molecule has 6 nitrogen and oxygen atoms in total. The molecule has 126 valence electrons. The molecule has 0 aromatic carbocycles. The molecular formula is C17H25N3O3. The van der Waals surface area contributed by atoms with Crippen molar-refractivity contribution < 1.29 is 14.3 Å². The molecule has 1 atom stereocenters. The smallest absolute Gasteiger partial charge is 0.410 e. The topological polar surface area (TPSA) is 71.5 Å². The molecule has 1 saturated heterocycles. The Morgan fingerprint density at radius 2 is 2.17 bits per heavy atom. The standard InChI is InChI=1S/C17H25N3O3/c1-17(2,3)23-16(22)20-10-6-7-13(20)11-18-12-15(21)14-8-4-5-9-19-14/h4-5,8-9,13,18H,6-7,10-12H2,1-3H3/t13-/m1/s1. The van der Waals surface area contributed by atoms with Crippen molar-refractivity contribution in [3.63, 3.8) is 0 Å². The summed E-state index contributed by atoms with van der Waals surface area (Å²) in [6.07, 6.45) is 3.20. The molecule has 0 radical (unpaired) electrons. The fraction of sp³-hybridized carbons (Fsp3) is 0.588. The summed E-state index contributed by atoms with van der Waals surface area (Å²) in [6.45, 7) is 7.09. The quantitative estimate of drug-likeness (QED) is 0.843. The van der Waals surface area contributed by atoms with Crippen LogP contribution in [0.5, 0.6) is 0 Å². The summed E-state index contributed by atoms with van der Waals surface area (Å²) in [5.41, 5.74) is -0.0394. The van der Waals surface area contributed by atoms with Crippen molar-refractivity contribution in [1.29, 1.82) is 0 Å². The lowest BCUT2D eigenvalue weighted by Crippen LogP contribution is -2.44. The van der Waals surface area contributed by atoms with Gasteiger partial charge in [-0.15, -0.1) is 0 Å². The molecule has 1 fully saturated rings. The van der Waals surface area contributed by atoms with Gasteiger partial charge in [-0.1, -0.05) is 6.07 Å². The first-order valence-electron chi connectivity index (χ1n) is 8.01. The number of rotatable bonds is 5. The molecule has 1 amide bonds. The Labute approximate surface area is 137 Å². The number of ether oxygens (including phenoxy) is 1. The molecule has 2 rings (SSSR count). The fourth-order valence-electron chi connectivity index (χ4n) is 2.58. The van der Waals surface area contributed by atoms with E-state index in [2.05, 4.69) is 10.3 Å². The molecular weight excluding hydrogens is 294 g/mol. The van der Waals surface area contributed by atoms with E-state index < -0.39 is 5.60 Å². The number of carbonyl (C=O) groups excluding carboxylic acids is 2. The molecule has 2 heterocycles. The molecule has 6 heteroatoms. The van der Waals surface area contributed by atoms with E-state index in [9.17, 15) is 9.59 Å². The van der Waals surface area contributed by atoms with Gasteiger partial charge in [-0.2, -0.15) is 0 Å². The molecule has 0 saturated carbocycles. The number of amides is 1. The van der Waals surface area contributed by atoms with Gasteiger partial charge in [0.2, 0.25) is 0 Å². The molecule has 0 aliphatic carbocycles. The minimum Gasteiger partial charge on any atom is -0.444 e. The van der Waals surface area contributed by atoms with Crippen LogP contribution in [0.1, 0.15) is 44.1 Å². The number of Topliss-reactive ketones (excluding diaryl/α,β-unsaturated/α-hetero) is 1. The van der Waals surface area contributed by atoms with Crippen LogP contribution < -0.4 is 5.32 Å². The Morgan fingerprint density at radius 3 is 2.83 bits per heavy atom. The summed E-state index contributed by atoms with van der Waals surface area (Å²) in [4.78, 5) is 30.0. The Morgan fingerprint density at radius 1 is 1.39 bits per heavy atom. The van der Waals surface area contributed by atoms with Crippen LogP contribution in [0.25, 0.3) is 0 Å². The van der Waals surface area contributed by atoms with Crippen molar-refractivity contribution in [2.45, 2.75) is 45.3 Å². The first kappa shape index (κ1) is 17.4. The van der Waals surface area contributed by atoms with E-state index in [0.29, 0.717) is 18.8 Å². The van der Waals surface area contributed by atoms with E-state index in [1.54, 1.807) is 29.3 Å². The van der Waals surface area contributed by atoms with Gasteiger partial charge in [0.25, 0.3) is 0 Å². The molecule has 1 aromatic heterocycles. The second-order valence-corrected chi connectivity index (χ2v) is 6.74. The number of carbonyl (C=O) groups is 2. The maximum Gasteiger partial charge on any atom is 0.410 e. The summed E-state index contributed by atoms with van der Waals surface area (Å²) >= 11 is 0. The van der Waals surface area contributed by atoms with Gasteiger partial charge in [-0.3, -0.25) is 9.78 Å². The molecule has 1 N–H and O–H groups in total. The average Bonchev–Trinajstić information content (AvgIpc) is 2.95. The van der Waals surface area contributed by atoms with Gasteiger partial charge in [0.15, 0.2) is 5.78 Å². The Hall–Kier alpha value is -1.95. The van der Waals surface area contributed by atoms with Crippen LogP contribution in [0, 0.1) is 0 Å². The van der Waals surface area contributed by atoms with Gasteiger partial charge >= 0.3 is 6.09 Å². The predicted molar refractivity (Wildman–Crippen MR) is 87.4 cm³/mol. The third-order valence-electron chi connectivity index (χ3n) is 3.62. The molecule has 0 spiro atoms. The first-order valence-corrected chi connectivity index (χ1v) is 8.01. The molecule has 0 bridgehead atoms. The lowest BCUT2D eigenvalue weighted by Gasteiger charge is -2.28. The van der Waals surface area contributed by atoms with Crippen LogP contribution >= 0.6 is 0 Å². The van der Waals surface area contributed by atoms with Gasteiger partial charge < -0.3 is 15.0 Å². The number of hydrogen-bond donors (Lipinski definition) is 1. The number of nitrogens with zero attached hydrogens (tertiary/aromatic N) is 2. The normalized spacial score (nSPS) is 18.0. The van der Waals surface area contributed by atoms with Crippen molar-refractivity contribution in [3.05, 3.63) is 30.1 Å². The summed E-state index contributed by atoms with van der Waals surface area (Å²) in [5.74, 6) is -0.0487. The summed E-state index contributed by atoms with van der Waals surface area (Å²) in [6, 6.07) is 5.34. The van der Waals surface area contributed by atoms with E-state index in [4.69, 9.17) is 4.74 Å².